The topological polar surface area (TPSA) is 52.6 Å². The summed E-state index contributed by atoms with van der Waals surface area (Å²) in [5.74, 6) is 2.25. The van der Waals surface area contributed by atoms with Crippen LogP contribution in [0.2, 0.25) is 0 Å². The first kappa shape index (κ1) is 24.4. The van der Waals surface area contributed by atoms with Gasteiger partial charge in [-0.3, -0.25) is 0 Å². The highest BCUT2D eigenvalue weighted by molar-refractivity contribution is 5.75. The van der Waals surface area contributed by atoms with Crippen LogP contribution >= 0.6 is 0 Å². The zero-order valence-corrected chi connectivity index (χ0v) is 18.4. The van der Waals surface area contributed by atoms with Crippen LogP contribution in [0.5, 0.6) is 11.5 Å². The highest BCUT2D eigenvalue weighted by Gasteiger charge is 2.00. The lowest BCUT2D eigenvalue weighted by molar-refractivity contribution is -0.118. The Morgan fingerprint density at radius 2 is 1.34 bits per heavy atom. The predicted octanol–water partition coefficient (Wildman–Crippen LogP) is 5.79. The Bertz CT molecular complexity index is 780. The molecule has 0 radical (unpaired) electrons. The van der Waals surface area contributed by atoms with E-state index in [2.05, 4.69) is 12.1 Å². The van der Waals surface area contributed by atoms with Crippen molar-refractivity contribution in [1.82, 2.24) is 0 Å². The number of rotatable bonds is 10. The number of aryl methyl sites for hydroxylation is 3. The second-order valence-electron chi connectivity index (χ2n) is 7.39. The summed E-state index contributed by atoms with van der Waals surface area (Å²) in [7, 11) is 0. The first-order valence-corrected chi connectivity index (χ1v) is 10.2. The molecule has 0 amide bonds. The number of carbonyl (C=O) groups is 2. The molecular weight excluding hydrogens is 364 g/mol. The van der Waals surface area contributed by atoms with Crippen molar-refractivity contribution >= 4 is 11.6 Å². The molecule has 0 saturated carbocycles. The molecule has 4 nitrogen and oxygen atoms in total. The molecule has 0 aliphatic carbocycles. The quantitative estimate of drug-likeness (QED) is 0.475. The van der Waals surface area contributed by atoms with Crippen LogP contribution in [0, 0.1) is 20.8 Å². The van der Waals surface area contributed by atoms with E-state index in [1.807, 2.05) is 51.1 Å². The maximum Gasteiger partial charge on any atom is 0.129 e. The number of ketones is 2. The molecule has 0 fully saturated rings. The van der Waals surface area contributed by atoms with Gasteiger partial charge in [0.05, 0.1) is 13.2 Å². The van der Waals surface area contributed by atoms with Crippen LogP contribution in [-0.4, -0.2) is 24.8 Å². The molecule has 0 unspecified atom stereocenters. The highest BCUT2D eigenvalue weighted by atomic mass is 16.5. The predicted molar refractivity (Wildman–Crippen MR) is 118 cm³/mol. The summed E-state index contributed by atoms with van der Waals surface area (Å²) in [5.41, 5.74) is 3.53. The minimum atomic E-state index is 0.220. The van der Waals surface area contributed by atoms with Crippen molar-refractivity contribution in [2.75, 3.05) is 13.2 Å². The summed E-state index contributed by atoms with van der Waals surface area (Å²) in [4.78, 5) is 21.4. The van der Waals surface area contributed by atoms with Crippen LogP contribution in [0.15, 0.2) is 42.5 Å². The van der Waals surface area contributed by atoms with Gasteiger partial charge in [0.1, 0.15) is 23.1 Å². The zero-order valence-electron chi connectivity index (χ0n) is 18.4. The van der Waals surface area contributed by atoms with E-state index in [4.69, 9.17) is 9.47 Å². The smallest absolute Gasteiger partial charge is 0.129 e. The SMILES string of the molecule is CC(=O)CCCOc1cc(C)ccc1C.CC(=O)CCCOc1cccc(C)c1. The molecule has 2 aromatic carbocycles. The second kappa shape index (κ2) is 13.5. The van der Waals surface area contributed by atoms with Crippen LogP contribution < -0.4 is 9.47 Å². The van der Waals surface area contributed by atoms with Gasteiger partial charge in [0, 0.05) is 12.8 Å². The first-order chi connectivity index (χ1) is 13.8. The van der Waals surface area contributed by atoms with E-state index in [0.717, 1.165) is 29.9 Å². The van der Waals surface area contributed by atoms with Crippen molar-refractivity contribution < 1.29 is 19.1 Å². The molecule has 29 heavy (non-hydrogen) atoms. The van der Waals surface area contributed by atoms with Gasteiger partial charge in [-0.2, -0.15) is 0 Å². The van der Waals surface area contributed by atoms with Gasteiger partial charge >= 0.3 is 0 Å². The minimum absolute atomic E-state index is 0.220. The highest BCUT2D eigenvalue weighted by Crippen LogP contribution is 2.19. The average Bonchev–Trinajstić information content (AvgIpc) is 2.65. The Morgan fingerprint density at radius 3 is 1.93 bits per heavy atom. The van der Waals surface area contributed by atoms with Crippen LogP contribution in [0.25, 0.3) is 0 Å². The minimum Gasteiger partial charge on any atom is -0.494 e. The van der Waals surface area contributed by atoms with Crippen molar-refractivity contribution in [3.05, 3.63) is 59.2 Å². The maximum atomic E-state index is 10.7. The van der Waals surface area contributed by atoms with E-state index >= 15 is 0 Å². The van der Waals surface area contributed by atoms with E-state index < -0.39 is 0 Å². The molecule has 158 valence electrons. The average molecular weight is 399 g/mol. The molecule has 4 heteroatoms. The van der Waals surface area contributed by atoms with Gasteiger partial charge in [-0.1, -0.05) is 24.3 Å². The summed E-state index contributed by atoms with van der Waals surface area (Å²) < 4.78 is 11.1. The van der Waals surface area contributed by atoms with Crippen molar-refractivity contribution in [1.29, 1.82) is 0 Å². The van der Waals surface area contributed by atoms with E-state index in [1.165, 1.54) is 11.1 Å². The Balaban J connectivity index is 0.000000291. The van der Waals surface area contributed by atoms with E-state index in [9.17, 15) is 9.59 Å². The summed E-state index contributed by atoms with van der Waals surface area (Å²) in [6, 6.07) is 14.1. The molecule has 0 aliphatic rings. The third-order valence-electron chi connectivity index (χ3n) is 4.21. The molecule has 2 aromatic rings. The van der Waals surface area contributed by atoms with Gasteiger partial charge in [0.25, 0.3) is 0 Å². The lowest BCUT2D eigenvalue weighted by atomic mass is 10.1. The summed E-state index contributed by atoms with van der Waals surface area (Å²) >= 11 is 0. The number of Topliss-reactive ketones (excluding diaryl/α,β-unsaturated/α-hetero) is 2. The molecule has 0 aliphatic heterocycles. The van der Waals surface area contributed by atoms with Crippen molar-refractivity contribution in [3.63, 3.8) is 0 Å². The fraction of sp³-hybridized carbons (Fsp3) is 0.440. The lowest BCUT2D eigenvalue weighted by Crippen LogP contribution is -2.01. The molecule has 2 rings (SSSR count). The number of carbonyl (C=O) groups excluding carboxylic acids is 2. The van der Waals surface area contributed by atoms with Crippen molar-refractivity contribution in [2.45, 2.75) is 60.3 Å². The summed E-state index contributed by atoms with van der Waals surface area (Å²) in [6.45, 7) is 10.5. The third-order valence-corrected chi connectivity index (χ3v) is 4.21. The Hall–Kier alpha value is -2.62. The lowest BCUT2D eigenvalue weighted by Gasteiger charge is -2.09. The summed E-state index contributed by atoms with van der Waals surface area (Å²) in [5, 5.41) is 0. The molecule has 0 spiro atoms. The Labute approximate surface area is 175 Å². The van der Waals surface area contributed by atoms with Crippen LogP contribution in [0.4, 0.5) is 0 Å². The van der Waals surface area contributed by atoms with Gasteiger partial charge < -0.3 is 19.1 Å². The van der Waals surface area contributed by atoms with E-state index in [-0.39, 0.29) is 11.6 Å². The fourth-order valence-electron chi connectivity index (χ4n) is 2.58. The fourth-order valence-corrected chi connectivity index (χ4v) is 2.58. The van der Waals surface area contributed by atoms with E-state index in [1.54, 1.807) is 13.8 Å². The number of hydrogen-bond acceptors (Lipinski definition) is 4. The summed E-state index contributed by atoms with van der Waals surface area (Å²) in [6.07, 6.45) is 2.79. The van der Waals surface area contributed by atoms with Gasteiger partial charge in [-0.25, -0.2) is 0 Å². The molecular formula is C25H34O4. The van der Waals surface area contributed by atoms with Gasteiger partial charge in [-0.15, -0.1) is 0 Å². The number of hydrogen-bond donors (Lipinski definition) is 0. The normalized spacial score (nSPS) is 9.97. The maximum absolute atomic E-state index is 10.7. The Kier molecular flexibility index (Phi) is 11.4. The largest absolute Gasteiger partial charge is 0.494 e. The number of benzene rings is 2. The standard InChI is InChI=1S/C13H18O2.C12H16O2/c1-10-6-7-11(2)13(9-10)15-8-4-5-12(3)14;1-10-5-3-7-12(9-10)14-8-4-6-11(2)13/h6-7,9H,4-5,8H2,1-3H3;3,5,7,9H,4,6,8H2,1-2H3. The molecule has 0 aromatic heterocycles. The third kappa shape index (κ3) is 11.7. The van der Waals surface area contributed by atoms with Crippen molar-refractivity contribution in [2.24, 2.45) is 0 Å². The van der Waals surface area contributed by atoms with Crippen LogP contribution in [0.3, 0.4) is 0 Å². The van der Waals surface area contributed by atoms with Gasteiger partial charge in [-0.05, 0) is 82.3 Å². The molecule has 0 heterocycles. The molecule has 0 saturated heterocycles. The molecule has 0 bridgehead atoms. The molecule has 0 atom stereocenters. The van der Waals surface area contributed by atoms with Crippen molar-refractivity contribution in [3.8, 4) is 11.5 Å². The Morgan fingerprint density at radius 1 is 0.759 bits per heavy atom. The van der Waals surface area contributed by atoms with Crippen LogP contribution in [0.1, 0.15) is 56.2 Å². The van der Waals surface area contributed by atoms with E-state index in [0.29, 0.717) is 26.1 Å². The zero-order chi connectivity index (χ0) is 21.6. The van der Waals surface area contributed by atoms with Crippen LogP contribution in [-0.2, 0) is 9.59 Å². The first-order valence-electron chi connectivity index (χ1n) is 10.2. The van der Waals surface area contributed by atoms with Gasteiger partial charge in [0.2, 0.25) is 0 Å². The number of ether oxygens (including phenoxy) is 2. The molecule has 0 N–H and O–H groups in total. The second-order valence-corrected chi connectivity index (χ2v) is 7.39. The monoisotopic (exact) mass is 398 g/mol. The van der Waals surface area contributed by atoms with Gasteiger partial charge in [0.15, 0.2) is 0 Å².